The molecule has 2 unspecified atom stereocenters. The molecule has 4 rings (SSSR count). The van der Waals surface area contributed by atoms with Crippen molar-refractivity contribution >= 4 is 17.5 Å². The number of hydrogen-bond donors (Lipinski definition) is 4. The number of fused-ring (bicyclic) bond motifs is 5. The van der Waals surface area contributed by atoms with Gasteiger partial charge in [0.1, 0.15) is 6.61 Å². The molecule has 0 aromatic carbocycles. The minimum absolute atomic E-state index is 0.0612. The second kappa shape index (κ2) is 9.62. The number of halogens is 1. The van der Waals surface area contributed by atoms with E-state index in [1.54, 1.807) is 26.8 Å². The predicted molar refractivity (Wildman–Crippen MR) is 124 cm³/mol. The maximum Gasteiger partial charge on any atom is 0.306 e. The van der Waals surface area contributed by atoms with Crippen molar-refractivity contribution in [3.63, 3.8) is 0 Å². The molecule has 0 aliphatic heterocycles. The molecule has 0 aromatic rings. The smallest absolute Gasteiger partial charge is 0.306 e. The van der Waals surface area contributed by atoms with Crippen LogP contribution in [0.25, 0.3) is 0 Å². The van der Waals surface area contributed by atoms with E-state index in [0.29, 0.717) is 24.8 Å². The van der Waals surface area contributed by atoms with Gasteiger partial charge in [-0.05, 0) is 57.1 Å². The number of rotatable bonds is 8. The number of carbonyl (C=O) groups excluding carboxylic acids is 3. The molecule has 4 aliphatic carbocycles. The van der Waals surface area contributed by atoms with E-state index in [1.165, 1.54) is 12.2 Å². The molecule has 37 heavy (non-hydrogen) atoms. The SMILES string of the molecule is C[C@H]1CC2C3CCC4=CC(=O)C=C[C@]4(C)[C@@]3(F)[C@@H](O)C[C@]2(C)[C@@]1(OC(=O)CCCON(O)O)C(=O)CO. The number of carbonyl (C=O) groups is 3. The van der Waals surface area contributed by atoms with Gasteiger partial charge in [-0.1, -0.05) is 25.5 Å². The van der Waals surface area contributed by atoms with Gasteiger partial charge in [-0.25, -0.2) is 4.39 Å². The van der Waals surface area contributed by atoms with E-state index in [4.69, 9.17) is 15.2 Å². The molecule has 4 aliphatic rings. The third kappa shape index (κ3) is 3.93. The number of ketones is 2. The molecule has 0 aromatic heterocycles. The first-order valence-corrected chi connectivity index (χ1v) is 12.8. The van der Waals surface area contributed by atoms with Crippen LogP contribution in [0.1, 0.15) is 59.3 Å². The number of Topliss-reactive ketones (excluding diaryl/α,β-unsaturated/α-hetero) is 1. The fourth-order valence-electron chi connectivity index (χ4n) is 8.11. The second-order valence-electron chi connectivity index (χ2n) is 11.4. The first-order chi connectivity index (χ1) is 17.3. The van der Waals surface area contributed by atoms with E-state index in [1.807, 2.05) is 0 Å². The van der Waals surface area contributed by atoms with Crippen LogP contribution in [0, 0.1) is 28.6 Å². The lowest BCUT2D eigenvalue weighted by molar-refractivity contribution is -0.492. The Hall–Kier alpha value is -2.02. The molecular weight excluding hydrogens is 489 g/mol. The number of alkyl halides is 1. The summed E-state index contributed by atoms with van der Waals surface area (Å²) in [7, 11) is 0. The van der Waals surface area contributed by atoms with Crippen LogP contribution in [0.4, 0.5) is 4.39 Å². The molecule has 0 saturated heterocycles. The Labute approximate surface area is 214 Å². The van der Waals surface area contributed by atoms with Gasteiger partial charge in [-0.15, -0.1) is 0 Å². The summed E-state index contributed by atoms with van der Waals surface area (Å²) in [6.07, 6.45) is 3.67. The van der Waals surface area contributed by atoms with Crippen LogP contribution in [0.5, 0.6) is 0 Å². The van der Waals surface area contributed by atoms with Gasteiger partial charge in [-0.3, -0.25) is 29.6 Å². The number of aliphatic hydroxyl groups excluding tert-OH is 2. The van der Waals surface area contributed by atoms with Crippen molar-refractivity contribution in [3.8, 4) is 0 Å². The molecule has 3 fully saturated rings. The van der Waals surface area contributed by atoms with E-state index >= 15 is 4.39 Å². The van der Waals surface area contributed by atoms with E-state index in [-0.39, 0.29) is 31.7 Å². The number of aliphatic hydroxyl groups is 2. The molecule has 206 valence electrons. The summed E-state index contributed by atoms with van der Waals surface area (Å²) in [4.78, 5) is 42.7. The summed E-state index contributed by atoms with van der Waals surface area (Å²) in [5.74, 6) is -3.34. The van der Waals surface area contributed by atoms with Crippen LogP contribution in [-0.4, -0.2) is 74.1 Å². The molecule has 8 atom stereocenters. The number of nitrogens with zero attached hydrogens (tertiary/aromatic N) is 1. The number of hydrogen-bond acceptors (Lipinski definition) is 10. The highest BCUT2D eigenvalue weighted by Gasteiger charge is 2.77. The fraction of sp³-hybridized carbons (Fsp3) is 0.731. The van der Waals surface area contributed by atoms with Crippen molar-refractivity contribution in [2.24, 2.45) is 28.6 Å². The van der Waals surface area contributed by atoms with Crippen LogP contribution < -0.4 is 0 Å². The topological polar surface area (TPSA) is 154 Å². The summed E-state index contributed by atoms with van der Waals surface area (Å²) in [6, 6.07) is 0. The zero-order valence-electron chi connectivity index (χ0n) is 21.4. The Balaban J connectivity index is 1.69. The molecule has 0 amide bonds. The van der Waals surface area contributed by atoms with Crippen molar-refractivity contribution in [1.29, 1.82) is 0 Å². The molecule has 0 spiro atoms. The maximum atomic E-state index is 17.3. The summed E-state index contributed by atoms with van der Waals surface area (Å²) in [6.45, 7) is 4.09. The Bertz CT molecular complexity index is 1030. The van der Waals surface area contributed by atoms with Crippen LogP contribution >= 0.6 is 0 Å². The molecule has 4 N–H and O–H groups in total. The van der Waals surface area contributed by atoms with Crippen LogP contribution in [0.3, 0.4) is 0 Å². The largest absolute Gasteiger partial charge is 0.450 e. The average molecular weight is 526 g/mol. The lowest BCUT2D eigenvalue weighted by Crippen LogP contribution is -2.70. The maximum absolute atomic E-state index is 17.3. The van der Waals surface area contributed by atoms with Gasteiger partial charge in [0.05, 0.1) is 18.1 Å². The fourth-order valence-corrected chi connectivity index (χ4v) is 8.11. The van der Waals surface area contributed by atoms with E-state index in [2.05, 4.69) is 4.84 Å². The molecule has 3 saturated carbocycles. The van der Waals surface area contributed by atoms with Crippen molar-refractivity contribution in [2.45, 2.75) is 76.7 Å². The summed E-state index contributed by atoms with van der Waals surface area (Å²) >= 11 is 0. The molecule has 0 heterocycles. The Morgan fingerprint density at radius 2 is 1.95 bits per heavy atom. The van der Waals surface area contributed by atoms with E-state index < -0.39 is 69.7 Å². The van der Waals surface area contributed by atoms with Crippen molar-refractivity contribution in [2.75, 3.05) is 13.2 Å². The molecule has 10 nitrogen and oxygen atoms in total. The van der Waals surface area contributed by atoms with Crippen LogP contribution in [0.15, 0.2) is 23.8 Å². The standard InChI is InChI=1S/C26H36FNO9/c1-15-11-19-18-7-6-16-12-17(30)8-9-23(16,2)25(18,27)20(31)13-24(19,3)26(15,21(32)14-29)37-22(33)5-4-10-36-28(34)35/h8-9,12,15,18-20,29,31,34-35H,4-7,10-11,13-14H2,1-3H3/t15-,18?,19?,20-,23-,24-,25-,26-/m0/s1. The Kier molecular flexibility index (Phi) is 7.28. The zero-order chi connectivity index (χ0) is 27.4. The Morgan fingerprint density at radius 3 is 2.59 bits per heavy atom. The third-order valence-electron chi connectivity index (χ3n) is 9.75. The third-order valence-corrected chi connectivity index (χ3v) is 9.75. The summed E-state index contributed by atoms with van der Waals surface area (Å²) in [5.41, 5.74) is -5.58. The van der Waals surface area contributed by atoms with Crippen molar-refractivity contribution in [3.05, 3.63) is 23.8 Å². The molecular formula is C26H36FNO9. The van der Waals surface area contributed by atoms with Crippen molar-refractivity contribution in [1.82, 2.24) is 5.39 Å². The first-order valence-electron chi connectivity index (χ1n) is 12.8. The van der Waals surface area contributed by atoms with Crippen molar-refractivity contribution < 1.29 is 49.0 Å². The van der Waals surface area contributed by atoms with E-state index in [9.17, 15) is 24.6 Å². The lowest BCUT2D eigenvalue weighted by atomic mass is 9.44. The highest BCUT2D eigenvalue weighted by atomic mass is 19.1. The van der Waals surface area contributed by atoms with E-state index in [0.717, 1.165) is 0 Å². The molecule has 11 heteroatoms. The number of esters is 1. The first kappa shape index (κ1) is 28.0. The normalized spacial score (nSPS) is 42.6. The summed E-state index contributed by atoms with van der Waals surface area (Å²) < 4.78 is 23.2. The van der Waals surface area contributed by atoms with Crippen LogP contribution in [-0.2, 0) is 24.0 Å². The lowest BCUT2D eigenvalue weighted by Gasteiger charge is -2.62. The zero-order valence-corrected chi connectivity index (χ0v) is 21.4. The van der Waals surface area contributed by atoms with Gasteiger partial charge in [-0.2, -0.15) is 0 Å². The summed E-state index contributed by atoms with van der Waals surface area (Å²) in [5, 5.41) is 38.2. The van der Waals surface area contributed by atoms with Gasteiger partial charge < -0.3 is 14.9 Å². The van der Waals surface area contributed by atoms with Gasteiger partial charge in [0.15, 0.2) is 17.1 Å². The van der Waals surface area contributed by atoms with Gasteiger partial charge in [0, 0.05) is 29.1 Å². The predicted octanol–water partition coefficient (Wildman–Crippen LogP) is 2.24. The average Bonchev–Trinajstić information content (AvgIpc) is 3.04. The Morgan fingerprint density at radius 1 is 1.24 bits per heavy atom. The van der Waals surface area contributed by atoms with Gasteiger partial charge >= 0.3 is 5.97 Å². The highest BCUT2D eigenvalue weighted by molar-refractivity contribution is 6.01. The van der Waals surface area contributed by atoms with Crippen LogP contribution in [0.2, 0.25) is 0 Å². The highest BCUT2D eigenvalue weighted by Crippen LogP contribution is 2.71. The van der Waals surface area contributed by atoms with Gasteiger partial charge in [0.2, 0.25) is 5.78 Å². The minimum Gasteiger partial charge on any atom is -0.450 e. The number of allylic oxidation sites excluding steroid dienone is 4. The minimum atomic E-state index is -2.10. The van der Waals surface area contributed by atoms with Gasteiger partial charge in [0.25, 0.3) is 0 Å². The monoisotopic (exact) mass is 525 g/mol. The second-order valence-corrected chi connectivity index (χ2v) is 11.4. The molecule has 0 bridgehead atoms. The molecule has 0 radical (unpaired) electrons. The quantitative estimate of drug-likeness (QED) is 0.211. The number of ether oxygens (including phenoxy) is 1.